The minimum Gasteiger partial charge on any atom is -0.364 e. The number of nitrogens with one attached hydrogen (secondary N) is 1. The average molecular weight is 453 g/mol. The van der Waals surface area contributed by atoms with Gasteiger partial charge in [0.1, 0.15) is 5.69 Å². The molecule has 170 valence electrons. The molecule has 2 aromatic heterocycles. The molecule has 3 N–H and O–H groups in total. The van der Waals surface area contributed by atoms with Crippen molar-refractivity contribution in [3.05, 3.63) is 88.4 Å². The molecule has 8 heteroatoms. The number of carbonyl (C=O) groups excluding carboxylic acids is 2. The summed E-state index contributed by atoms with van der Waals surface area (Å²) in [5.74, 6) is -1.05. The van der Waals surface area contributed by atoms with Gasteiger partial charge in [0, 0.05) is 11.9 Å². The van der Waals surface area contributed by atoms with E-state index in [1.807, 2.05) is 48.9 Å². The minimum atomic E-state index is -0.692. The molecule has 0 spiro atoms. The number of pyridine rings is 1. The normalized spacial score (nSPS) is 10.7. The van der Waals surface area contributed by atoms with Gasteiger partial charge in [-0.2, -0.15) is 10.4 Å². The molecule has 4 aromatic rings. The fourth-order valence-electron chi connectivity index (χ4n) is 3.94. The number of carbonyl (C=O) groups is 2. The van der Waals surface area contributed by atoms with Crippen molar-refractivity contribution in [3.63, 3.8) is 0 Å². The molecular weight excluding hydrogens is 428 g/mol. The quantitative estimate of drug-likeness (QED) is 0.440. The lowest BCUT2D eigenvalue weighted by Crippen LogP contribution is -2.18. The minimum absolute atomic E-state index is 0.0378. The molecule has 8 nitrogen and oxygen atoms in total. The summed E-state index contributed by atoms with van der Waals surface area (Å²) in [6, 6.07) is 18.2. The van der Waals surface area contributed by atoms with Crippen molar-refractivity contribution in [2.45, 2.75) is 33.2 Å². The summed E-state index contributed by atoms with van der Waals surface area (Å²) in [5.41, 5.74) is 10.3. The van der Waals surface area contributed by atoms with Gasteiger partial charge in [0.05, 0.1) is 39.8 Å². The first-order chi connectivity index (χ1) is 16.4. The van der Waals surface area contributed by atoms with Crippen LogP contribution < -0.4 is 11.1 Å². The van der Waals surface area contributed by atoms with E-state index in [9.17, 15) is 9.59 Å². The third-order valence-electron chi connectivity index (χ3n) is 5.75. The molecule has 0 saturated carbocycles. The van der Waals surface area contributed by atoms with Crippen LogP contribution in [0, 0.1) is 25.2 Å². The van der Waals surface area contributed by atoms with Crippen LogP contribution in [0.5, 0.6) is 0 Å². The van der Waals surface area contributed by atoms with Crippen molar-refractivity contribution in [1.82, 2.24) is 14.8 Å². The van der Waals surface area contributed by atoms with Gasteiger partial charge in [0.25, 0.3) is 11.8 Å². The first-order valence-electron chi connectivity index (χ1n) is 10.9. The molecule has 2 heterocycles. The van der Waals surface area contributed by atoms with Crippen LogP contribution in [0.25, 0.3) is 10.9 Å². The maximum Gasteiger partial charge on any atom is 0.267 e. The second kappa shape index (κ2) is 9.55. The largest absolute Gasteiger partial charge is 0.364 e. The number of aromatic nitrogens is 3. The zero-order valence-corrected chi connectivity index (χ0v) is 19.0. The van der Waals surface area contributed by atoms with E-state index in [1.165, 1.54) is 6.07 Å². The fourth-order valence-corrected chi connectivity index (χ4v) is 3.94. The summed E-state index contributed by atoms with van der Waals surface area (Å²) in [5, 5.41) is 17.1. The highest BCUT2D eigenvalue weighted by Gasteiger charge is 2.19. The van der Waals surface area contributed by atoms with Crippen molar-refractivity contribution in [1.29, 1.82) is 5.26 Å². The number of benzene rings is 2. The molecule has 0 saturated heterocycles. The third-order valence-corrected chi connectivity index (χ3v) is 5.75. The number of hydrogen-bond acceptors (Lipinski definition) is 5. The van der Waals surface area contributed by atoms with Crippen LogP contribution in [0.2, 0.25) is 0 Å². The summed E-state index contributed by atoms with van der Waals surface area (Å²) in [6.07, 6.45) is 1.71. The number of aryl methyl sites for hydroxylation is 3. The Morgan fingerprint density at radius 1 is 1.12 bits per heavy atom. The summed E-state index contributed by atoms with van der Waals surface area (Å²) < 4.78 is 1.88. The number of nitriles is 1. The molecule has 0 fully saturated rings. The Bertz CT molecular complexity index is 1430. The monoisotopic (exact) mass is 452 g/mol. The fraction of sp³-hybridized carbons (Fsp3) is 0.192. The van der Waals surface area contributed by atoms with Gasteiger partial charge >= 0.3 is 0 Å². The molecule has 2 amide bonds. The van der Waals surface area contributed by atoms with E-state index in [1.54, 1.807) is 18.2 Å². The van der Waals surface area contributed by atoms with Gasteiger partial charge in [0.2, 0.25) is 0 Å². The van der Waals surface area contributed by atoms with Crippen LogP contribution in [-0.4, -0.2) is 26.6 Å². The number of fused-ring (bicyclic) bond motifs is 1. The number of primary amides is 1. The molecule has 0 aliphatic rings. The number of anilines is 1. The SMILES string of the molecule is Cc1nn(CCCc2ccc(C#N)cc2)c(C)c1NC(=O)c1cc(C(N)=O)nc2ccccc12. The van der Waals surface area contributed by atoms with Crippen molar-refractivity contribution >= 4 is 28.4 Å². The van der Waals surface area contributed by atoms with Gasteiger partial charge in [-0.3, -0.25) is 14.3 Å². The van der Waals surface area contributed by atoms with E-state index in [0.717, 1.165) is 24.1 Å². The van der Waals surface area contributed by atoms with Crippen molar-refractivity contribution in [2.24, 2.45) is 5.73 Å². The topological polar surface area (TPSA) is 127 Å². The molecule has 34 heavy (non-hydrogen) atoms. The van der Waals surface area contributed by atoms with Crippen molar-refractivity contribution in [2.75, 3.05) is 5.32 Å². The Morgan fingerprint density at radius 2 is 1.85 bits per heavy atom. The van der Waals surface area contributed by atoms with Gasteiger partial charge in [-0.25, -0.2) is 4.98 Å². The lowest BCUT2D eigenvalue weighted by atomic mass is 10.1. The molecule has 0 aliphatic heterocycles. The van der Waals surface area contributed by atoms with Crippen molar-refractivity contribution < 1.29 is 9.59 Å². The van der Waals surface area contributed by atoms with Gasteiger partial charge in [-0.1, -0.05) is 30.3 Å². The van der Waals surface area contributed by atoms with E-state index in [-0.39, 0.29) is 11.6 Å². The van der Waals surface area contributed by atoms with E-state index in [0.29, 0.717) is 40.0 Å². The molecule has 0 radical (unpaired) electrons. The van der Waals surface area contributed by atoms with Crippen LogP contribution >= 0.6 is 0 Å². The Labute approximate surface area is 197 Å². The number of nitrogens with two attached hydrogens (primary N) is 1. The second-order valence-electron chi connectivity index (χ2n) is 8.07. The first-order valence-corrected chi connectivity index (χ1v) is 10.9. The number of rotatable bonds is 7. The predicted molar refractivity (Wildman–Crippen MR) is 129 cm³/mol. The number of hydrogen-bond donors (Lipinski definition) is 2. The predicted octanol–water partition coefficient (Wildman–Crippen LogP) is 3.90. The number of amides is 2. The second-order valence-corrected chi connectivity index (χ2v) is 8.07. The van der Waals surface area contributed by atoms with E-state index < -0.39 is 5.91 Å². The Morgan fingerprint density at radius 3 is 2.56 bits per heavy atom. The third kappa shape index (κ3) is 4.64. The van der Waals surface area contributed by atoms with Gasteiger partial charge in [0.15, 0.2) is 0 Å². The van der Waals surface area contributed by atoms with Crippen LogP contribution in [0.4, 0.5) is 5.69 Å². The van der Waals surface area contributed by atoms with Gasteiger partial charge < -0.3 is 11.1 Å². The lowest BCUT2D eigenvalue weighted by Gasteiger charge is -2.10. The first kappa shape index (κ1) is 22.7. The highest BCUT2D eigenvalue weighted by molar-refractivity contribution is 6.14. The van der Waals surface area contributed by atoms with E-state index in [2.05, 4.69) is 21.5 Å². The molecule has 0 aliphatic carbocycles. The van der Waals surface area contributed by atoms with Gasteiger partial charge in [-0.05, 0) is 56.5 Å². The molecule has 0 bridgehead atoms. The summed E-state index contributed by atoms with van der Waals surface area (Å²) in [7, 11) is 0. The lowest BCUT2D eigenvalue weighted by molar-refractivity contribution is 0.0996. The van der Waals surface area contributed by atoms with Crippen LogP contribution in [-0.2, 0) is 13.0 Å². The molecule has 0 atom stereocenters. The molecular formula is C26H24N6O2. The summed E-state index contributed by atoms with van der Waals surface area (Å²) in [6.45, 7) is 4.45. The molecule has 4 rings (SSSR count). The van der Waals surface area contributed by atoms with E-state index >= 15 is 0 Å². The number of nitrogens with zero attached hydrogens (tertiary/aromatic N) is 4. The van der Waals surface area contributed by atoms with E-state index in [4.69, 9.17) is 11.0 Å². The maximum atomic E-state index is 13.2. The van der Waals surface area contributed by atoms with Crippen LogP contribution in [0.1, 0.15) is 49.8 Å². The summed E-state index contributed by atoms with van der Waals surface area (Å²) in [4.78, 5) is 29.2. The standard InChI is InChI=1S/C26H24N6O2/c1-16-24(17(2)32(31-16)13-5-6-18-9-11-19(15-27)12-10-18)30-26(34)21-14-23(25(28)33)29-22-8-4-3-7-20(21)22/h3-4,7-12,14H,5-6,13H2,1-2H3,(H2,28,33)(H,30,34). The Hall–Kier alpha value is -4.51. The summed E-state index contributed by atoms with van der Waals surface area (Å²) >= 11 is 0. The molecule has 2 aromatic carbocycles. The number of para-hydroxylation sites is 1. The zero-order valence-electron chi connectivity index (χ0n) is 19.0. The van der Waals surface area contributed by atoms with Crippen LogP contribution in [0.15, 0.2) is 54.6 Å². The Balaban J connectivity index is 1.52. The smallest absolute Gasteiger partial charge is 0.267 e. The molecule has 0 unspecified atom stereocenters. The van der Waals surface area contributed by atoms with Crippen LogP contribution in [0.3, 0.4) is 0 Å². The van der Waals surface area contributed by atoms with Gasteiger partial charge in [-0.15, -0.1) is 0 Å². The highest BCUT2D eigenvalue weighted by atomic mass is 16.2. The zero-order chi connectivity index (χ0) is 24.2. The maximum absolute atomic E-state index is 13.2. The van der Waals surface area contributed by atoms with Crippen molar-refractivity contribution in [3.8, 4) is 6.07 Å². The highest BCUT2D eigenvalue weighted by Crippen LogP contribution is 2.24. The Kier molecular flexibility index (Phi) is 6.37. The average Bonchev–Trinajstić information content (AvgIpc) is 3.11.